The number of nitrogens with two attached hydrogens (primary N) is 1. The highest BCUT2D eigenvalue weighted by Gasteiger charge is 2.05. The van der Waals surface area contributed by atoms with Crippen molar-refractivity contribution in [2.45, 2.75) is 32.6 Å². The molecule has 0 amide bonds. The molecule has 0 heterocycles. The van der Waals surface area contributed by atoms with Crippen LogP contribution in [0.2, 0.25) is 0 Å². The topological polar surface area (TPSA) is 75.3 Å². The first-order valence-electron chi connectivity index (χ1n) is 6.40. The SMILES string of the molecule is CC(=O)c1cc(NCCCCCCO)ccc1N. The minimum Gasteiger partial charge on any atom is -0.398 e. The van der Waals surface area contributed by atoms with Crippen LogP contribution in [0.5, 0.6) is 0 Å². The number of nitrogens with one attached hydrogen (secondary N) is 1. The number of aliphatic hydroxyl groups excluding tert-OH is 1. The number of carbonyl (C=O) groups excluding carboxylic acids is 1. The van der Waals surface area contributed by atoms with Gasteiger partial charge in [-0.05, 0) is 38.0 Å². The van der Waals surface area contributed by atoms with Gasteiger partial charge < -0.3 is 16.2 Å². The van der Waals surface area contributed by atoms with Crippen LogP contribution in [-0.4, -0.2) is 24.0 Å². The fourth-order valence-corrected chi connectivity index (χ4v) is 1.79. The molecule has 0 bridgehead atoms. The molecule has 0 radical (unpaired) electrons. The summed E-state index contributed by atoms with van der Waals surface area (Å²) in [5.41, 5.74) is 7.75. The van der Waals surface area contributed by atoms with Crippen molar-refractivity contribution in [3.63, 3.8) is 0 Å². The van der Waals surface area contributed by atoms with E-state index in [0.29, 0.717) is 11.3 Å². The second-order valence-electron chi connectivity index (χ2n) is 4.42. The van der Waals surface area contributed by atoms with Crippen molar-refractivity contribution in [2.75, 3.05) is 24.2 Å². The van der Waals surface area contributed by atoms with Gasteiger partial charge in [0.25, 0.3) is 0 Å². The van der Waals surface area contributed by atoms with Crippen LogP contribution in [0.25, 0.3) is 0 Å². The average molecular weight is 250 g/mol. The van der Waals surface area contributed by atoms with E-state index < -0.39 is 0 Å². The first kappa shape index (κ1) is 14.5. The van der Waals surface area contributed by atoms with Crippen molar-refractivity contribution < 1.29 is 9.90 Å². The van der Waals surface area contributed by atoms with Crippen LogP contribution >= 0.6 is 0 Å². The Morgan fingerprint density at radius 3 is 2.67 bits per heavy atom. The number of hydrogen-bond acceptors (Lipinski definition) is 4. The van der Waals surface area contributed by atoms with Crippen molar-refractivity contribution in [3.05, 3.63) is 23.8 Å². The van der Waals surface area contributed by atoms with E-state index in [1.54, 1.807) is 12.1 Å². The molecular weight excluding hydrogens is 228 g/mol. The maximum atomic E-state index is 11.3. The van der Waals surface area contributed by atoms with E-state index in [9.17, 15) is 4.79 Å². The highest BCUT2D eigenvalue weighted by atomic mass is 16.2. The zero-order valence-corrected chi connectivity index (χ0v) is 10.9. The third-order valence-corrected chi connectivity index (χ3v) is 2.85. The summed E-state index contributed by atoms with van der Waals surface area (Å²) >= 11 is 0. The predicted octanol–water partition coefficient (Wildman–Crippen LogP) is 2.44. The maximum Gasteiger partial charge on any atom is 0.161 e. The van der Waals surface area contributed by atoms with Crippen LogP contribution in [0, 0.1) is 0 Å². The normalized spacial score (nSPS) is 10.3. The van der Waals surface area contributed by atoms with Crippen molar-refractivity contribution >= 4 is 17.2 Å². The fraction of sp³-hybridized carbons (Fsp3) is 0.500. The van der Waals surface area contributed by atoms with Crippen molar-refractivity contribution in [1.29, 1.82) is 0 Å². The first-order chi connectivity index (χ1) is 8.65. The van der Waals surface area contributed by atoms with E-state index in [1.807, 2.05) is 6.07 Å². The summed E-state index contributed by atoms with van der Waals surface area (Å²) in [7, 11) is 0. The van der Waals surface area contributed by atoms with Gasteiger partial charge in [-0.2, -0.15) is 0 Å². The Morgan fingerprint density at radius 2 is 2.00 bits per heavy atom. The molecular formula is C14H22N2O2. The lowest BCUT2D eigenvalue weighted by atomic mass is 10.1. The minimum atomic E-state index is -0.0147. The van der Waals surface area contributed by atoms with E-state index in [4.69, 9.17) is 10.8 Å². The second-order valence-corrected chi connectivity index (χ2v) is 4.42. The van der Waals surface area contributed by atoms with E-state index in [-0.39, 0.29) is 12.4 Å². The smallest absolute Gasteiger partial charge is 0.161 e. The maximum absolute atomic E-state index is 11.3. The Hall–Kier alpha value is -1.55. The summed E-state index contributed by atoms with van der Waals surface area (Å²) in [6, 6.07) is 5.44. The molecule has 0 aliphatic heterocycles. The average Bonchev–Trinajstić information content (AvgIpc) is 2.35. The highest BCUT2D eigenvalue weighted by molar-refractivity contribution is 5.99. The van der Waals surface area contributed by atoms with Crippen LogP contribution in [0.15, 0.2) is 18.2 Å². The van der Waals surface area contributed by atoms with Crippen LogP contribution in [-0.2, 0) is 0 Å². The van der Waals surface area contributed by atoms with Crippen LogP contribution in [0.3, 0.4) is 0 Å². The number of nitrogen functional groups attached to an aromatic ring is 1. The molecule has 0 spiro atoms. The molecule has 100 valence electrons. The highest BCUT2D eigenvalue weighted by Crippen LogP contribution is 2.18. The Balaban J connectivity index is 2.38. The molecule has 1 aromatic carbocycles. The molecule has 4 nitrogen and oxygen atoms in total. The molecule has 0 aromatic heterocycles. The molecule has 0 aliphatic carbocycles. The largest absolute Gasteiger partial charge is 0.398 e. The van der Waals surface area contributed by atoms with Gasteiger partial charge in [0.15, 0.2) is 5.78 Å². The third-order valence-electron chi connectivity index (χ3n) is 2.85. The number of anilines is 2. The Bertz CT molecular complexity index is 391. The summed E-state index contributed by atoms with van der Waals surface area (Å²) in [6.07, 6.45) is 4.08. The lowest BCUT2D eigenvalue weighted by molar-refractivity contribution is 0.101. The third kappa shape index (κ3) is 4.75. The molecule has 4 N–H and O–H groups in total. The van der Waals surface area contributed by atoms with Gasteiger partial charge in [0.2, 0.25) is 0 Å². The fourth-order valence-electron chi connectivity index (χ4n) is 1.79. The number of ketones is 1. The molecule has 1 aromatic rings. The lowest BCUT2D eigenvalue weighted by Gasteiger charge is -2.09. The van der Waals surface area contributed by atoms with Gasteiger partial charge in [-0.1, -0.05) is 12.8 Å². The molecule has 0 fully saturated rings. The number of benzene rings is 1. The van der Waals surface area contributed by atoms with E-state index in [0.717, 1.165) is 37.9 Å². The summed E-state index contributed by atoms with van der Waals surface area (Å²) in [5.74, 6) is -0.0147. The molecule has 0 atom stereocenters. The van der Waals surface area contributed by atoms with Crippen LogP contribution in [0.1, 0.15) is 43.0 Å². The van der Waals surface area contributed by atoms with Crippen molar-refractivity contribution in [3.8, 4) is 0 Å². The minimum absolute atomic E-state index is 0.0147. The van der Waals surface area contributed by atoms with E-state index in [1.165, 1.54) is 6.92 Å². The monoisotopic (exact) mass is 250 g/mol. The van der Waals surface area contributed by atoms with Gasteiger partial charge in [-0.15, -0.1) is 0 Å². The number of carbonyl (C=O) groups is 1. The Morgan fingerprint density at radius 1 is 1.28 bits per heavy atom. The Kier molecular flexibility index (Phi) is 6.22. The number of Topliss-reactive ketones (excluding diaryl/α,β-unsaturated/α-hetero) is 1. The zero-order chi connectivity index (χ0) is 13.4. The van der Waals surface area contributed by atoms with Gasteiger partial charge >= 0.3 is 0 Å². The predicted molar refractivity (Wildman–Crippen MR) is 74.9 cm³/mol. The van der Waals surface area contributed by atoms with Gasteiger partial charge in [0.05, 0.1) is 0 Å². The van der Waals surface area contributed by atoms with Gasteiger partial charge in [-0.25, -0.2) is 0 Å². The summed E-state index contributed by atoms with van der Waals surface area (Å²) in [5, 5.41) is 11.9. The van der Waals surface area contributed by atoms with Crippen molar-refractivity contribution in [1.82, 2.24) is 0 Å². The molecule has 4 heteroatoms. The van der Waals surface area contributed by atoms with Crippen LogP contribution < -0.4 is 11.1 Å². The quantitative estimate of drug-likeness (QED) is 0.376. The van der Waals surface area contributed by atoms with Gasteiger partial charge in [0.1, 0.15) is 0 Å². The number of aliphatic hydroxyl groups is 1. The number of hydrogen-bond donors (Lipinski definition) is 3. The zero-order valence-electron chi connectivity index (χ0n) is 10.9. The first-order valence-corrected chi connectivity index (χ1v) is 6.40. The Labute approximate surface area is 108 Å². The van der Waals surface area contributed by atoms with Gasteiger partial charge in [-0.3, -0.25) is 4.79 Å². The molecule has 0 saturated heterocycles. The van der Waals surface area contributed by atoms with Crippen molar-refractivity contribution in [2.24, 2.45) is 0 Å². The standard InChI is InChI=1S/C14H22N2O2/c1-11(18)13-10-12(6-7-14(13)15)16-8-4-2-3-5-9-17/h6-7,10,16-17H,2-5,8-9,15H2,1H3. The van der Waals surface area contributed by atoms with Crippen LogP contribution in [0.4, 0.5) is 11.4 Å². The van der Waals surface area contributed by atoms with Gasteiger partial charge in [0, 0.05) is 30.1 Å². The molecule has 18 heavy (non-hydrogen) atoms. The lowest BCUT2D eigenvalue weighted by Crippen LogP contribution is -2.05. The molecule has 0 saturated carbocycles. The van der Waals surface area contributed by atoms with E-state index >= 15 is 0 Å². The molecule has 0 unspecified atom stereocenters. The summed E-state index contributed by atoms with van der Waals surface area (Å²) in [6.45, 7) is 2.66. The second kappa shape index (κ2) is 7.71. The molecule has 1 rings (SSSR count). The summed E-state index contributed by atoms with van der Waals surface area (Å²) < 4.78 is 0. The number of rotatable bonds is 8. The summed E-state index contributed by atoms with van der Waals surface area (Å²) in [4.78, 5) is 11.3. The number of unbranched alkanes of at least 4 members (excludes halogenated alkanes) is 3. The van der Waals surface area contributed by atoms with E-state index in [2.05, 4.69) is 5.32 Å². The molecule has 0 aliphatic rings.